The van der Waals surface area contributed by atoms with Crippen molar-refractivity contribution in [2.75, 3.05) is 11.6 Å². The Morgan fingerprint density at radius 1 is 1.11 bits per heavy atom. The number of aromatic nitrogens is 4. The molecule has 10 heteroatoms. The van der Waals surface area contributed by atoms with Crippen LogP contribution in [-0.2, 0) is 0 Å². The van der Waals surface area contributed by atoms with Crippen molar-refractivity contribution >= 4 is 23.2 Å². The Hall–Kier alpha value is -2.39. The van der Waals surface area contributed by atoms with Crippen molar-refractivity contribution in [2.45, 2.75) is 32.1 Å². The smallest absolute Gasteiger partial charge is 0.255 e. The van der Waals surface area contributed by atoms with Crippen LogP contribution in [0.5, 0.6) is 0 Å². The van der Waals surface area contributed by atoms with E-state index < -0.39 is 23.0 Å². The van der Waals surface area contributed by atoms with Crippen molar-refractivity contribution in [3.63, 3.8) is 0 Å². The number of fused-ring (bicyclic) bond motifs is 1. The van der Waals surface area contributed by atoms with Crippen molar-refractivity contribution in [3.05, 3.63) is 41.1 Å². The molecule has 1 aromatic carbocycles. The molecule has 1 aliphatic carbocycles. The summed E-state index contributed by atoms with van der Waals surface area (Å²) >= 11 is 6.27. The maximum Gasteiger partial charge on any atom is 0.255 e. The number of hydrogen-bond donors (Lipinski definition) is 1. The summed E-state index contributed by atoms with van der Waals surface area (Å²) in [5.74, 6) is 3.72. The number of nitrogens with two attached hydrogens (primary N) is 1. The predicted octanol–water partition coefficient (Wildman–Crippen LogP) is 4.12. The van der Waals surface area contributed by atoms with Gasteiger partial charge in [0.15, 0.2) is 5.82 Å². The standard InChI is InChI=1S/C18H18ClF3N6/c19-16-15(14-12(21)6-11(20)7-13(14)22)17(28-18(26-16)24-9-25-28)27(23)8-10-4-2-1-3-5-10/h6-7,9-10H,1-5,8,23H2. The van der Waals surface area contributed by atoms with Gasteiger partial charge in [0.1, 0.15) is 28.9 Å². The second-order valence-corrected chi connectivity index (χ2v) is 7.33. The SMILES string of the molecule is NN(CC1CCCCC1)c1c(-c2c(F)cc(F)cc2F)c(Cl)nc2ncnn12. The molecule has 4 rings (SSSR count). The maximum atomic E-state index is 14.5. The van der Waals surface area contributed by atoms with Gasteiger partial charge in [0, 0.05) is 18.7 Å². The van der Waals surface area contributed by atoms with Crippen LogP contribution >= 0.6 is 11.6 Å². The van der Waals surface area contributed by atoms with Crippen LogP contribution in [0.25, 0.3) is 16.9 Å². The Morgan fingerprint density at radius 2 is 1.79 bits per heavy atom. The van der Waals surface area contributed by atoms with Crippen LogP contribution in [-0.4, -0.2) is 26.1 Å². The molecule has 6 nitrogen and oxygen atoms in total. The lowest BCUT2D eigenvalue weighted by molar-refractivity contribution is 0.358. The fourth-order valence-corrected chi connectivity index (χ4v) is 4.05. The quantitative estimate of drug-likeness (QED) is 0.398. The molecule has 2 heterocycles. The molecule has 1 saturated carbocycles. The molecule has 0 unspecified atom stereocenters. The number of benzene rings is 1. The van der Waals surface area contributed by atoms with Crippen LogP contribution in [0.3, 0.4) is 0 Å². The highest BCUT2D eigenvalue weighted by Crippen LogP contribution is 2.39. The van der Waals surface area contributed by atoms with Gasteiger partial charge in [-0.1, -0.05) is 30.9 Å². The summed E-state index contributed by atoms with van der Waals surface area (Å²) in [5.41, 5.74) is -0.599. The predicted molar refractivity (Wildman–Crippen MR) is 99.2 cm³/mol. The summed E-state index contributed by atoms with van der Waals surface area (Å²) in [7, 11) is 0. The fraction of sp³-hybridized carbons (Fsp3) is 0.389. The number of anilines is 1. The monoisotopic (exact) mass is 410 g/mol. The van der Waals surface area contributed by atoms with E-state index in [0.717, 1.165) is 25.7 Å². The molecular formula is C18H18ClF3N6. The molecule has 0 atom stereocenters. The van der Waals surface area contributed by atoms with Crippen molar-refractivity contribution in [1.82, 2.24) is 19.6 Å². The normalized spacial score (nSPS) is 15.3. The molecule has 2 aromatic heterocycles. The fourth-order valence-electron chi connectivity index (χ4n) is 3.80. The van der Waals surface area contributed by atoms with E-state index in [2.05, 4.69) is 15.1 Å². The summed E-state index contributed by atoms with van der Waals surface area (Å²) in [6.45, 7) is 0.451. The van der Waals surface area contributed by atoms with Gasteiger partial charge in [-0.25, -0.2) is 19.0 Å². The third-order valence-electron chi connectivity index (χ3n) is 5.07. The number of hydrogen-bond acceptors (Lipinski definition) is 5. The molecule has 0 saturated heterocycles. The van der Waals surface area contributed by atoms with Gasteiger partial charge in [-0.15, -0.1) is 0 Å². The first kappa shape index (κ1) is 18.9. The lowest BCUT2D eigenvalue weighted by Crippen LogP contribution is -2.38. The van der Waals surface area contributed by atoms with E-state index in [1.807, 2.05) is 0 Å². The highest BCUT2D eigenvalue weighted by molar-refractivity contribution is 6.33. The van der Waals surface area contributed by atoms with E-state index >= 15 is 0 Å². The molecule has 0 amide bonds. The zero-order chi connectivity index (χ0) is 19.8. The first-order valence-corrected chi connectivity index (χ1v) is 9.40. The van der Waals surface area contributed by atoms with Crippen LogP contribution < -0.4 is 10.9 Å². The third-order valence-corrected chi connectivity index (χ3v) is 5.34. The molecule has 3 aromatic rings. The van der Waals surface area contributed by atoms with Crippen molar-refractivity contribution in [2.24, 2.45) is 11.8 Å². The van der Waals surface area contributed by atoms with Gasteiger partial charge in [-0.05, 0) is 18.8 Å². The Balaban J connectivity index is 1.89. The van der Waals surface area contributed by atoms with Crippen LogP contribution in [0.4, 0.5) is 19.0 Å². The zero-order valence-corrected chi connectivity index (χ0v) is 15.6. The van der Waals surface area contributed by atoms with E-state index in [9.17, 15) is 13.2 Å². The Labute approximate surface area is 164 Å². The summed E-state index contributed by atoms with van der Waals surface area (Å²) in [6, 6.07) is 1.18. The Bertz CT molecular complexity index is 995. The van der Waals surface area contributed by atoms with E-state index in [4.69, 9.17) is 17.4 Å². The van der Waals surface area contributed by atoms with Crippen molar-refractivity contribution in [3.8, 4) is 11.1 Å². The minimum Gasteiger partial charge on any atom is -0.294 e. The van der Waals surface area contributed by atoms with Crippen LogP contribution in [0.1, 0.15) is 32.1 Å². The first-order chi connectivity index (χ1) is 13.5. The average Bonchev–Trinajstić information content (AvgIpc) is 3.09. The molecule has 148 valence electrons. The molecule has 0 radical (unpaired) electrons. The van der Waals surface area contributed by atoms with Gasteiger partial charge in [0.05, 0.1) is 11.1 Å². The number of rotatable bonds is 4. The summed E-state index contributed by atoms with van der Waals surface area (Å²) in [5, 5.41) is 5.26. The summed E-state index contributed by atoms with van der Waals surface area (Å²) in [4.78, 5) is 8.04. The van der Waals surface area contributed by atoms with E-state index in [1.165, 1.54) is 22.3 Å². The summed E-state index contributed by atoms with van der Waals surface area (Å²) in [6.07, 6.45) is 6.69. The molecule has 28 heavy (non-hydrogen) atoms. The second-order valence-electron chi connectivity index (χ2n) is 6.97. The van der Waals surface area contributed by atoms with Crippen molar-refractivity contribution < 1.29 is 13.2 Å². The first-order valence-electron chi connectivity index (χ1n) is 9.02. The molecule has 2 N–H and O–H groups in total. The van der Waals surface area contributed by atoms with E-state index in [-0.39, 0.29) is 22.3 Å². The Kier molecular flexibility index (Phi) is 5.11. The Morgan fingerprint density at radius 3 is 2.46 bits per heavy atom. The van der Waals surface area contributed by atoms with Gasteiger partial charge >= 0.3 is 0 Å². The van der Waals surface area contributed by atoms with Crippen LogP contribution in [0, 0.1) is 23.4 Å². The second kappa shape index (κ2) is 7.56. The van der Waals surface area contributed by atoms with Gasteiger partial charge in [-0.2, -0.15) is 19.6 Å². The summed E-state index contributed by atoms with van der Waals surface area (Å²) < 4.78 is 43.8. The highest BCUT2D eigenvalue weighted by atomic mass is 35.5. The third kappa shape index (κ3) is 3.40. The molecule has 0 bridgehead atoms. The molecule has 0 spiro atoms. The largest absolute Gasteiger partial charge is 0.294 e. The number of nitrogens with zero attached hydrogens (tertiary/aromatic N) is 5. The van der Waals surface area contributed by atoms with Crippen LogP contribution in [0.15, 0.2) is 18.5 Å². The minimum absolute atomic E-state index is 0.0898. The lowest BCUT2D eigenvalue weighted by Gasteiger charge is -2.29. The van der Waals surface area contributed by atoms with Crippen molar-refractivity contribution in [1.29, 1.82) is 0 Å². The number of halogens is 4. The number of hydrazine groups is 1. The molecule has 0 aliphatic heterocycles. The topological polar surface area (TPSA) is 72.3 Å². The molecule has 1 aliphatic rings. The highest BCUT2D eigenvalue weighted by Gasteiger charge is 2.27. The molecule has 1 fully saturated rings. The maximum absolute atomic E-state index is 14.5. The molecular weight excluding hydrogens is 393 g/mol. The lowest BCUT2D eigenvalue weighted by atomic mass is 9.89. The van der Waals surface area contributed by atoms with Gasteiger partial charge < -0.3 is 0 Å². The zero-order valence-electron chi connectivity index (χ0n) is 14.9. The van der Waals surface area contributed by atoms with Crippen LogP contribution in [0.2, 0.25) is 5.15 Å². The van der Waals surface area contributed by atoms with E-state index in [0.29, 0.717) is 24.6 Å². The van der Waals surface area contributed by atoms with Gasteiger partial charge in [0.25, 0.3) is 5.78 Å². The minimum atomic E-state index is -1.10. The van der Waals surface area contributed by atoms with Gasteiger partial charge in [0.2, 0.25) is 0 Å². The van der Waals surface area contributed by atoms with E-state index in [1.54, 1.807) is 0 Å². The van der Waals surface area contributed by atoms with Gasteiger partial charge in [-0.3, -0.25) is 5.01 Å². The average molecular weight is 411 g/mol.